The number of amides is 2. The molecule has 0 heterocycles. The summed E-state index contributed by atoms with van der Waals surface area (Å²) in [6.07, 6.45) is 0. The van der Waals surface area contributed by atoms with Gasteiger partial charge in [0.1, 0.15) is 5.41 Å². The second-order valence-corrected chi connectivity index (χ2v) is 7.26. The predicted molar refractivity (Wildman–Crippen MR) is 106 cm³/mol. The molecule has 0 saturated heterocycles. The van der Waals surface area contributed by atoms with Gasteiger partial charge in [-0.3, -0.25) is 9.59 Å². The van der Waals surface area contributed by atoms with Crippen molar-refractivity contribution >= 4 is 29.1 Å². The number of carbonyl (C=O) groups is 2. The van der Waals surface area contributed by atoms with E-state index in [4.69, 9.17) is 11.6 Å². The minimum Gasteiger partial charge on any atom is -0.338 e. The van der Waals surface area contributed by atoms with Crippen molar-refractivity contribution in [1.29, 1.82) is 0 Å². The lowest BCUT2D eigenvalue weighted by atomic mass is 9.89. The van der Waals surface area contributed by atoms with E-state index in [0.717, 1.165) is 11.1 Å². The van der Waals surface area contributed by atoms with Crippen LogP contribution < -0.4 is 5.32 Å². The van der Waals surface area contributed by atoms with Crippen LogP contribution in [0.15, 0.2) is 48.5 Å². The van der Waals surface area contributed by atoms with Gasteiger partial charge in [0.2, 0.25) is 11.8 Å². The van der Waals surface area contributed by atoms with Crippen LogP contribution in [0.4, 0.5) is 5.69 Å². The lowest BCUT2D eigenvalue weighted by Crippen LogP contribution is -2.47. The molecule has 0 aliphatic carbocycles. The van der Waals surface area contributed by atoms with Crippen LogP contribution in [-0.4, -0.2) is 23.3 Å². The number of anilines is 1. The Hall–Kier alpha value is -2.33. The van der Waals surface area contributed by atoms with Gasteiger partial charge in [-0.15, -0.1) is 0 Å². The van der Waals surface area contributed by atoms with E-state index >= 15 is 0 Å². The lowest BCUT2D eigenvalue weighted by Gasteiger charge is -2.30. The third-order valence-corrected chi connectivity index (χ3v) is 4.82. The minimum atomic E-state index is -1.19. The predicted octanol–water partition coefficient (Wildman–Crippen LogP) is 4.66. The summed E-state index contributed by atoms with van der Waals surface area (Å²) in [6.45, 7) is 8.10. The molecule has 26 heavy (non-hydrogen) atoms. The standard InChI is InChI=1S/C21H25ClN2O2/c1-5-24(14-16-9-7-6-8-10-16)20(26)21(3,4)19(25)23-17-12-11-15(2)18(22)13-17/h6-13H,5,14H2,1-4H3,(H,23,25). The largest absolute Gasteiger partial charge is 0.338 e. The van der Waals surface area contributed by atoms with Crippen molar-refractivity contribution in [2.45, 2.75) is 34.2 Å². The van der Waals surface area contributed by atoms with Crippen LogP contribution in [0.5, 0.6) is 0 Å². The number of hydrogen-bond acceptors (Lipinski definition) is 2. The van der Waals surface area contributed by atoms with Gasteiger partial charge in [0.05, 0.1) is 0 Å². The number of halogens is 1. The SMILES string of the molecule is CCN(Cc1ccccc1)C(=O)C(C)(C)C(=O)Nc1ccc(C)c(Cl)c1. The zero-order valence-corrected chi connectivity index (χ0v) is 16.4. The molecule has 0 spiro atoms. The van der Waals surface area contributed by atoms with Gasteiger partial charge in [-0.1, -0.05) is 48.0 Å². The first-order valence-corrected chi connectivity index (χ1v) is 9.04. The molecule has 0 fully saturated rings. The molecule has 0 aliphatic heterocycles. The molecular formula is C21H25ClN2O2. The van der Waals surface area contributed by atoms with E-state index in [-0.39, 0.29) is 11.8 Å². The van der Waals surface area contributed by atoms with Gasteiger partial charge in [-0.05, 0) is 51.0 Å². The second-order valence-electron chi connectivity index (χ2n) is 6.85. The lowest BCUT2D eigenvalue weighted by molar-refractivity contribution is -0.146. The Labute approximate surface area is 160 Å². The van der Waals surface area contributed by atoms with Gasteiger partial charge in [0.15, 0.2) is 0 Å². The van der Waals surface area contributed by atoms with E-state index in [1.54, 1.807) is 30.9 Å². The fraction of sp³-hybridized carbons (Fsp3) is 0.333. The molecule has 2 rings (SSSR count). The van der Waals surface area contributed by atoms with E-state index in [9.17, 15) is 9.59 Å². The number of benzene rings is 2. The fourth-order valence-corrected chi connectivity index (χ4v) is 2.76. The third-order valence-electron chi connectivity index (χ3n) is 4.42. The summed E-state index contributed by atoms with van der Waals surface area (Å²) in [7, 11) is 0. The number of aryl methyl sites for hydroxylation is 1. The van der Waals surface area contributed by atoms with Gasteiger partial charge in [-0.25, -0.2) is 0 Å². The smallest absolute Gasteiger partial charge is 0.239 e. The van der Waals surface area contributed by atoms with Crippen molar-refractivity contribution in [1.82, 2.24) is 4.90 Å². The molecular weight excluding hydrogens is 348 g/mol. The molecule has 1 N–H and O–H groups in total. The summed E-state index contributed by atoms with van der Waals surface area (Å²) in [5.41, 5.74) is 1.35. The number of nitrogens with one attached hydrogen (secondary N) is 1. The maximum atomic E-state index is 13.0. The minimum absolute atomic E-state index is 0.209. The average molecular weight is 373 g/mol. The maximum Gasteiger partial charge on any atom is 0.239 e. The summed E-state index contributed by atoms with van der Waals surface area (Å²) >= 11 is 6.11. The highest BCUT2D eigenvalue weighted by molar-refractivity contribution is 6.31. The molecule has 2 aromatic rings. The average Bonchev–Trinajstić information content (AvgIpc) is 2.63. The summed E-state index contributed by atoms with van der Waals surface area (Å²) < 4.78 is 0. The highest BCUT2D eigenvalue weighted by Gasteiger charge is 2.38. The van der Waals surface area contributed by atoms with Crippen molar-refractivity contribution < 1.29 is 9.59 Å². The molecule has 0 atom stereocenters. The first-order chi connectivity index (χ1) is 12.3. The van der Waals surface area contributed by atoms with Crippen molar-refractivity contribution in [3.05, 3.63) is 64.7 Å². The summed E-state index contributed by atoms with van der Waals surface area (Å²) in [4.78, 5) is 27.4. The van der Waals surface area contributed by atoms with E-state index in [0.29, 0.717) is 23.8 Å². The first kappa shape index (κ1) is 20.0. The molecule has 5 heteroatoms. The number of rotatable bonds is 6. The van der Waals surface area contributed by atoms with E-state index in [1.165, 1.54) is 0 Å². The summed E-state index contributed by atoms with van der Waals surface area (Å²) in [6, 6.07) is 15.1. The molecule has 0 aromatic heterocycles. The molecule has 0 unspecified atom stereocenters. The molecule has 2 aromatic carbocycles. The monoisotopic (exact) mass is 372 g/mol. The van der Waals surface area contributed by atoms with Gasteiger partial charge in [-0.2, -0.15) is 0 Å². The molecule has 0 aliphatic rings. The highest BCUT2D eigenvalue weighted by atomic mass is 35.5. The van der Waals surface area contributed by atoms with Crippen molar-refractivity contribution in [2.75, 3.05) is 11.9 Å². The number of nitrogens with zero attached hydrogens (tertiary/aromatic N) is 1. The molecule has 0 radical (unpaired) electrons. The zero-order chi connectivity index (χ0) is 19.3. The second kappa shape index (κ2) is 8.37. The van der Waals surface area contributed by atoms with Crippen molar-refractivity contribution in [2.24, 2.45) is 5.41 Å². The van der Waals surface area contributed by atoms with E-state index < -0.39 is 5.41 Å². The Kier molecular flexibility index (Phi) is 6.43. The molecule has 0 saturated carbocycles. The van der Waals surface area contributed by atoms with Gasteiger partial charge >= 0.3 is 0 Å². The topological polar surface area (TPSA) is 49.4 Å². The van der Waals surface area contributed by atoms with Crippen LogP contribution >= 0.6 is 11.6 Å². The van der Waals surface area contributed by atoms with Gasteiger partial charge < -0.3 is 10.2 Å². The number of carbonyl (C=O) groups excluding carboxylic acids is 2. The Morgan fingerprint density at radius 2 is 1.77 bits per heavy atom. The van der Waals surface area contributed by atoms with Crippen molar-refractivity contribution in [3.8, 4) is 0 Å². The molecule has 2 amide bonds. The third kappa shape index (κ3) is 4.64. The Balaban J connectivity index is 2.13. The Morgan fingerprint density at radius 3 is 2.35 bits per heavy atom. The molecule has 4 nitrogen and oxygen atoms in total. The fourth-order valence-electron chi connectivity index (χ4n) is 2.58. The van der Waals surface area contributed by atoms with E-state index in [2.05, 4.69) is 5.32 Å². The summed E-state index contributed by atoms with van der Waals surface area (Å²) in [5, 5.41) is 3.38. The van der Waals surface area contributed by atoms with Crippen LogP contribution in [0.3, 0.4) is 0 Å². The molecule has 0 bridgehead atoms. The summed E-state index contributed by atoms with van der Waals surface area (Å²) in [5.74, 6) is -0.562. The normalized spacial score (nSPS) is 11.1. The van der Waals surface area contributed by atoms with Crippen LogP contribution in [0.2, 0.25) is 5.02 Å². The van der Waals surface area contributed by atoms with Gasteiger partial charge in [0, 0.05) is 23.8 Å². The zero-order valence-electron chi connectivity index (χ0n) is 15.7. The first-order valence-electron chi connectivity index (χ1n) is 8.66. The Morgan fingerprint density at radius 1 is 1.12 bits per heavy atom. The van der Waals surface area contributed by atoms with Crippen LogP contribution in [0, 0.1) is 12.3 Å². The molecule has 138 valence electrons. The van der Waals surface area contributed by atoms with Crippen LogP contribution in [0.1, 0.15) is 31.9 Å². The Bertz CT molecular complexity index is 788. The van der Waals surface area contributed by atoms with Crippen LogP contribution in [-0.2, 0) is 16.1 Å². The van der Waals surface area contributed by atoms with E-state index in [1.807, 2.05) is 50.2 Å². The number of hydrogen-bond donors (Lipinski definition) is 1. The van der Waals surface area contributed by atoms with Crippen LogP contribution in [0.25, 0.3) is 0 Å². The maximum absolute atomic E-state index is 13.0. The van der Waals surface area contributed by atoms with Crippen molar-refractivity contribution in [3.63, 3.8) is 0 Å². The quantitative estimate of drug-likeness (QED) is 0.749. The highest BCUT2D eigenvalue weighted by Crippen LogP contribution is 2.25. The van der Waals surface area contributed by atoms with Gasteiger partial charge in [0.25, 0.3) is 0 Å².